The van der Waals surface area contributed by atoms with Gasteiger partial charge in [-0.3, -0.25) is 10.4 Å². The van der Waals surface area contributed by atoms with Crippen molar-refractivity contribution in [3.05, 3.63) is 88.4 Å². The van der Waals surface area contributed by atoms with E-state index in [2.05, 4.69) is 25.4 Å². The van der Waals surface area contributed by atoms with Crippen molar-refractivity contribution in [3.63, 3.8) is 0 Å². The van der Waals surface area contributed by atoms with Gasteiger partial charge in [-0.25, -0.2) is 14.8 Å². The lowest BCUT2D eigenvalue weighted by atomic mass is 10.0. The maximum absolute atomic E-state index is 12.7. The fourth-order valence-electron chi connectivity index (χ4n) is 3.36. The molecule has 2 heterocycles. The largest absolute Gasteiger partial charge is 0.497 e. The number of aromatic amines is 1. The van der Waals surface area contributed by atoms with E-state index in [9.17, 15) is 4.79 Å². The number of hydrogen-bond donors (Lipinski definition) is 4. The molecule has 0 spiro atoms. The number of nitrogens with two attached hydrogens (primary N) is 1. The Labute approximate surface area is 195 Å². The van der Waals surface area contributed by atoms with Gasteiger partial charge in [0.15, 0.2) is 5.82 Å². The number of anilines is 1. The molecule has 5 N–H and O–H groups in total. The molecule has 0 aliphatic rings. The van der Waals surface area contributed by atoms with Crippen molar-refractivity contribution in [1.82, 2.24) is 24.7 Å². The van der Waals surface area contributed by atoms with E-state index in [0.29, 0.717) is 29.5 Å². The van der Waals surface area contributed by atoms with Gasteiger partial charge in [0, 0.05) is 29.7 Å². The Kier molecular flexibility index (Phi) is 6.53. The first-order chi connectivity index (χ1) is 16.5. The Morgan fingerprint density at radius 2 is 1.88 bits per heavy atom. The molecule has 0 fully saturated rings. The molecule has 0 aliphatic carbocycles. The smallest absolute Gasteiger partial charge is 0.350 e. The topological polar surface area (TPSA) is 157 Å². The maximum atomic E-state index is 12.7. The number of ether oxygens (including phenoxy) is 2. The molecule has 0 saturated heterocycles. The molecular formula is C23H24N8O3. The Balaban J connectivity index is 1.80. The number of methoxy groups -OCH3 is 1. The zero-order valence-electron chi connectivity index (χ0n) is 18.6. The summed E-state index contributed by atoms with van der Waals surface area (Å²) >= 11 is 0. The minimum atomic E-state index is -0.588. The zero-order chi connectivity index (χ0) is 24.1. The number of rotatable bonds is 9. The third kappa shape index (κ3) is 4.88. The second kappa shape index (κ2) is 9.86. The van der Waals surface area contributed by atoms with Crippen LogP contribution < -0.4 is 26.2 Å². The van der Waals surface area contributed by atoms with Crippen molar-refractivity contribution >= 4 is 11.5 Å². The number of nitrogens with zero attached hydrogens (tertiary/aromatic N) is 4. The minimum Gasteiger partial charge on any atom is -0.497 e. The van der Waals surface area contributed by atoms with E-state index in [1.165, 1.54) is 12.4 Å². The molecule has 2 aromatic carbocycles. The third-order valence-electron chi connectivity index (χ3n) is 4.94. The number of aromatic nitrogens is 5. The molecule has 2 aromatic heterocycles. The molecule has 11 heteroatoms. The van der Waals surface area contributed by atoms with Crippen molar-refractivity contribution in [2.45, 2.75) is 13.0 Å². The number of H-pyrrole nitrogens is 1. The number of amidine groups is 1. The van der Waals surface area contributed by atoms with Crippen LogP contribution in [0.4, 0.5) is 5.69 Å². The van der Waals surface area contributed by atoms with Crippen molar-refractivity contribution in [2.75, 3.05) is 19.0 Å². The van der Waals surface area contributed by atoms with Gasteiger partial charge < -0.3 is 20.5 Å². The highest BCUT2D eigenvalue weighted by Gasteiger charge is 2.22. The first-order valence-electron chi connectivity index (χ1n) is 10.5. The van der Waals surface area contributed by atoms with Gasteiger partial charge in [-0.15, -0.1) is 9.78 Å². The second-order valence-corrected chi connectivity index (χ2v) is 7.22. The Morgan fingerprint density at radius 3 is 2.53 bits per heavy atom. The van der Waals surface area contributed by atoms with Crippen LogP contribution in [0.1, 0.15) is 29.9 Å². The van der Waals surface area contributed by atoms with Crippen LogP contribution in [0.2, 0.25) is 0 Å². The second-order valence-electron chi connectivity index (χ2n) is 7.22. The fraction of sp³-hybridized carbons (Fsp3) is 0.174. The Hall–Kier alpha value is -4.67. The van der Waals surface area contributed by atoms with Crippen molar-refractivity contribution < 1.29 is 9.47 Å². The van der Waals surface area contributed by atoms with Gasteiger partial charge in [-0.2, -0.15) is 0 Å². The number of hydrogen-bond acceptors (Lipinski definition) is 8. The molecule has 0 saturated carbocycles. The Morgan fingerprint density at radius 1 is 1.18 bits per heavy atom. The summed E-state index contributed by atoms with van der Waals surface area (Å²) in [5.41, 5.74) is 7.16. The highest BCUT2D eigenvalue weighted by atomic mass is 16.5. The molecule has 174 valence electrons. The standard InChI is InChI=1S/C23H24N8O3/c1-3-34-18-12-15(11-17(13-18)33-2)19(28-16-7-5-14(6-8-16)20(24)25)21-29-23(32)31(30-21)22-26-9-4-10-27-22/h4-13,19,28H,3H2,1-2H3,(H3,24,25)(H,29,30,32). The van der Waals surface area contributed by atoms with Crippen LogP contribution in [-0.2, 0) is 0 Å². The van der Waals surface area contributed by atoms with Crippen LogP contribution in [0.15, 0.2) is 65.7 Å². The monoisotopic (exact) mass is 460 g/mol. The molecule has 0 amide bonds. The van der Waals surface area contributed by atoms with Gasteiger partial charge >= 0.3 is 5.69 Å². The molecule has 0 aliphatic heterocycles. The van der Waals surface area contributed by atoms with Crippen LogP contribution >= 0.6 is 0 Å². The Bertz CT molecular complexity index is 1330. The molecule has 11 nitrogen and oxygen atoms in total. The van der Waals surface area contributed by atoms with Gasteiger partial charge in [0.1, 0.15) is 23.4 Å². The van der Waals surface area contributed by atoms with E-state index in [1.807, 2.05) is 19.1 Å². The summed E-state index contributed by atoms with van der Waals surface area (Å²) in [4.78, 5) is 23.7. The van der Waals surface area contributed by atoms with E-state index < -0.39 is 11.7 Å². The van der Waals surface area contributed by atoms with E-state index in [1.54, 1.807) is 43.5 Å². The summed E-state index contributed by atoms with van der Waals surface area (Å²) in [6, 6.07) is 13.6. The minimum absolute atomic E-state index is 0.0248. The van der Waals surface area contributed by atoms with E-state index >= 15 is 0 Å². The normalized spacial score (nSPS) is 11.6. The molecule has 0 radical (unpaired) electrons. The molecule has 4 aromatic rings. The van der Waals surface area contributed by atoms with Gasteiger partial charge in [-0.05, 0) is 55.0 Å². The highest BCUT2D eigenvalue weighted by Crippen LogP contribution is 2.31. The van der Waals surface area contributed by atoms with Crippen LogP contribution in [0.25, 0.3) is 5.95 Å². The maximum Gasteiger partial charge on any atom is 0.350 e. The lowest BCUT2D eigenvalue weighted by Gasteiger charge is -2.20. The third-order valence-corrected chi connectivity index (χ3v) is 4.94. The van der Waals surface area contributed by atoms with Crippen LogP contribution in [-0.4, -0.2) is 44.3 Å². The van der Waals surface area contributed by atoms with E-state index in [-0.39, 0.29) is 11.8 Å². The van der Waals surface area contributed by atoms with E-state index in [4.69, 9.17) is 20.6 Å². The quantitative estimate of drug-likeness (QED) is 0.219. The molecule has 0 bridgehead atoms. The summed E-state index contributed by atoms with van der Waals surface area (Å²) in [7, 11) is 1.57. The number of benzene rings is 2. The predicted octanol–water partition coefficient (Wildman–Crippen LogP) is 2.24. The fourth-order valence-corrected chi connectivity index (χ4v) is 3.36. The van der Waals surface area contributed by atoms with Gasteiger partial charge in [0.25, 0.3) is 5.95 Å². The lowest BCUT2D eigenvalue weighted by Crippen LogP contribution is -2.18. The zero-order valence-corrected chi connectivity index (χ0v) is 18.6. The van der Waals surface area contributed by atoms with Crippen molar-refractivity contribution in [3.8, 4) is 17.4 Å². The van der Waals surface area contributed by atoms with E-state index in [0.717, 1.165) is 15.9 Å². The van der Waals surface area contributed by atoms with Crippen molar-refractivity contribution in [2.24, 2.45) is 5.73 Å². The predicted molar refractivity (Wildman–Crippen MR) is 127 cm³/mol. The molecule has 34 heavy (non-hydrogen) atoms. The SMILES string of the molecule is CCOc1cc(OC)cc(C(Nc2ccc(C(=N)N)cc2)c2nn(-c3ncccn3)c(=O)[nH]2)c1. The molecule has 1 unspecified atom stereocenters. The summed E-state index contributed by atoms with van der Waals surface area (Å²) in [6.07, 6.45) is 3.07. The molecule has 1 atom stereocenters. The summed E-state index contributed by atoms with van der Waals surface area (Å²) in [5, 5.41) is 15.4. The van der Waals surface area contributed by atoms with Crippen molar-refractivity contribution in [1.29, 1.82) is 5.41 Å². The summed E-state index contributed by atoms with van der Waals surface area (Å²) in [5.74, 6) is 1.67. The first kappa shape index (κ1) is 22.5. The van der Waals surface area contributed by atoms with Gasteiger partial charge in [0.2, 0.25) is 0 Å². The van der Waals surface area contributed by atoms with Gasteiger partial charge in [-0.1, -0.05) is 0 Å². The average Bonchev–Trinajstić information content (AvgIpc) is 3.24. The number of nitrogen functional groups attached to an aromatic ring is 1. The first-order valence-corrected chi connectivity index (χ1v) is 10.5. The summed E-state index contributed by atoms with van der Waals surface area (Å²) in [6.45, 7) is 2.37. The van der Waals surface area contributed by atoms with Crippen LogP contribution in [0.3, 0.4) is 0 Å². The van der Waals surface area contributed by atoms with Gasteiger partial charge in [0.05, 0.1) is 13.7 Å². The van der Waals surface area contributed by atoms with Crippen LogP contribution in [0, 0.1) is 5.41 Å². The average molecular weight is 460 g/mol. The van der Waals surface area contributed by atoms with Crippen LogP contribution in [0.5, 0.6) is 11.5 Å². The summed E-state index contributed by atoms with van der Waals surface area (Å²) < 4.78 is 12.3. The molecule has 4 rings (SSSR count). The molecular weight excluding hydrogens is 436 g/mol. The highest BCUT2D eigenvalue weighted by molar-refractivity contribution is 5.95. The number of nitrogens with one attached hydrogen (secondary N) is 3. The lowest BCUT2D eigenvalue weighted by molar-refractivity contribution is 0.335.